The van der Waals surface area contributed by atoms with E-state index in [1.807, 2.05) is 19.1 Å². The van der Waals surface area contributed by atoms with E-state index in [0.29, 0.717) is 41.4 Å². The maximum atomic E-state index is 15.9. The van der Waals surface area contributed by atoms with Crippen molar-refractivity contribution >= 4 is 5.78 Å². The molecule has 1 unspecified atom stereocenters. The van der Waals surface area contributed by atoms with Gasteiger partial charge in [-0.3, -0.25) is 14.8 Å². The first-order valence-electron chi connectivity index (χ1n) is 12.3. The first-order valence-corrected chi connectivity index (χ1v) is 12.3. The van der Waals surface area contributed by atoms with Crippen LogP contribution < -0.4 is 9.47 Å². The standard InChI is InChI=1S/C28H29F2N3O3/c1-14(16(3)34)25(17-5-6-17)19-9-7-18-8-10-23(36-28(18)26(19)30)22-13-32-27(15(2)33-22)20-11-24(35-4)31-12-21(20)29/h7,9,11-14,17,23,25H,5-6,8,10H2,1-4H3/t14-,23?,25+/m1/s1. The summed E-state index contributed by atoms with van der Waals surface area (Å²) in [6.07, 6.45) is 5.42. The molecular formula is C28H29F2N3O3. The number of nitrogens with zero attached hydrogens (tertiary/aromatic N) is 3. The number of ether oxygens (including phenoxy) is 2. The van der Waals surface area contributed by atoms with E-state index in [1.54, 1.807) is 20.0 Å². The van der Waals surface area contributed by atoms with Crippen LogP contribution in [0.5, 0.6) is 11.6 Å². The summed E-state index contributed by atoms with van der Waals surface area (Å²) in [7, 11) is 1.46. The molecule has 1 aromatic carbocycles. The Bertz CT molecular complexity index is 1330. The van der Waals surface area contributed by atoms with Gasteiger partial charge in [0, 0.05) is 17.5 Å². The van der Waals surface area contributed by atoms with Crippen molar-refractivity contribution < 1.29 is 23.0 Å². The summed E-state index contributed by atoms with van der Waals surface area (Å²) >= 11 is 0. The quantitative estimate of drug-likeness (QED) is 0.407. The third kappa shape index (κ3) is 4.45. The van der Waals surface area contributed by atoms with Gasteiger partial charge in [-0.2, -0.15) is 0 Å². The number of ketones is 1. The number of Topliss-reactive ketones (excluding diaryl/α,β-unsaturated/α-hetero) is 1. The summed E-state index contributed by atoms with van der Waals surface area (Å²) in [6, 6.07) is 5.23. The number of halogens is 2. The van der Waals surface area contributed by atoms with Gasteiger partial charge in [0.25, 0.3) is 0 Å². The first kappa shape index (κ1) is 24.3. The highest BCUT2D eigenvalue weighted by Gasteiger charge is 2.40. The maximum absolute atomic E-state index is 15.9. The minimum Gasteiger partial charge on any atom is -0.481 e. The minimum atomic E-state index is -0.525. The van der Waals surface area contributed by atoms with E-state index >= 15 is 4.39 Å². The second kappa shape index (κ2) is 9.56. The predicted molar refractivity (Wildman–Crippen MR) is 130 cm³/mol. The lowest BCUT2D eigenvalue weighted by Crippen LogP contribution is -2.22. The zero-order chi connectivity index (χ0) is 25.6. The van der Waals surface area contributed by atoms with Crippen LogP contribution in [0.3, 0.4) is 0 Å². The molecule has 2 aromatic heterocycles. The van der Waals surface area contributed by atoms with Crippen molar-refractivity contribution in [3.63, 3.8) is 0 Å². The fourth-order valence-electron chi connectivity index (χ4n) is 5.16. The molecule has 0 spiro atoms. The van der Waals surface area contributed by atoms with E-state index in [-0.39, 0.29) is 40.6 Å². The molecule has 1 saturated carbocycles. The van der Waals surface area contributed by atoms with E-state index in [9.17, 15) is 9.18 Å². The van der Waals surface area contributed by atoms with Crippen molar-refractivity contribution in [3.05, 3.63) is 64.7 Å². The van der Waals surface area contributed by atoms with Crippen LogP contribution in [0.1, 0.15) is 67.6 Å². The van der Waals surface area contributed by atoms with Gasteiger partial charge in [0.05, 0.1) is 36.6 Å². The molecule has 1 aliphatic heterocycles. The second-order valence-corrected chi connectivity index (χ2v) is 9.80. The number of pyridine rings is 1. The molecule has 0 bridgehead atoms. The van der Waals surface area contributed by atoms with Crippen molar-refractivity contribution in [2.45, 2.75) is 58.5 Å². The van der Waals surface area contributed by atoms with Gasteiger partial charge in [-0.05, 0) is 62.5 Å². The average molecular weight is 494 g/mol. The third-order valence-electron chi connectivity index (χ3n) is 7.40. The topological polar surface area (TPSA) is 74.2 Å². The molecule has 5 rings (SSSR count). The van der Waals surface area contributed by atoms with Gasteiger partial charge in [0.2, 0.25) is 5.88 Å². The Morgan fingerprint density at radius 3 is 2.61 bits per heavy atom. The highest BCUT2D eigenvalue weighted by Crippen LogP contribution is 2.49. The molecule has 3 heterocycles. The summed E-state index contributed by atoms with van der Waals surface area (Å²) < 4.78 is 41.6. The van der Waals surface area contributed by atoms with Crippen LogP contribution >= 0.6 is 0 Å². The lowest BCUT2D eigenvalue weighted by molar-refractivity contribution is -0.121. The molecule has 8 heteroatoms. The van der Waals surface area contributed by atoms with Gasteiger partial charge < -0.3 is 9.47 Å². The molecular weight excluding hydrogens is 464 g/mol. The normalized spacial score (nSPS) is 18.7. The summed E-state index contributed by atoms with van der Waals surface area (Å²) in [5.41, 5.74) is 3.07. The summed E-state index contributed by atoms with van der Waals surface area (Å²) in [4.78, 5) is 25.1. The predicted octanol–water partition coefficient (Wildman–Crippen LogP) is 5.92. The van der Waals surface area contributed by atoms with Gasteiger partial charge in [0.15, 0.2) is 17.4 Å². The Hall–Kier alpha value is -3.42. The molecule has 0 saturated heterocycles. The number of aryl methyl sites for hydroxylation is 2. The monoisotopic (exact) mass is 493 g/mol. The summed E-state index contributed by atoms with van der Waals surface area (Å²) in [5, 5.41) is 0. The van der Waals surface area contributed by atoms with E-state index in [1.165, 1.54) is 13.2 Å². The van der Waals surface area contributed by atoms with Crippen molar-refractivity contribution in [2.75, 3.05) is 7.11 Å². The number of hydrogen-bond donors (Lipinski definition) is 0. The lowest BCUT2D eigenvalue weighted by atomic mass is 9.80. The molecule has 6 nitrogen and oxygen atoms in total. The first-order chi connectivity index (χ1) is 17.3. The van der Waals surface area contributed by atoms with Crippen LogP contribution in [-0.2, 0) is 11.2 Å². The van der Waals surface area contributed by atoms with Crippen LogP contribution in [-0.4, -0.2) is 27.8 Å². The lowest BCUT2D eigenvalue weighted by Gasteiger charge is -2.29. The maximum Gasteiger partial charge on any atom is 0.213 e. The van der Waals surface area contributed by atoms with Gasteiger partial charge in [-0.15, -0.1) is 0 Å². The Kier molecular flexibility index (Phi) is 6.45. The molecule has 36 heavy (non-hydrogen) atoms. The molecule has 3 atom stereocenters. The zero-order valence-electron chi connectivity index (χ0n) is 20.8. The highest BCUT2D eigenvalue weighted by molar-refractivity contribution is 5.79. The Balaban J connectivity index is 1.44. The number of aromatic nitrogens is 3. The molecule has 0 radical (unpaired) electrons. The number of carbonyl (C=O) groups excluding carboxylic acids is 1. The van der Waals surface area contributed by atoms with Crippen LogP contribution in [0.4, 0.5) is 8.78 Å². The SMILES string of the molecule is COc1cc(-c2ncc(C3CCc4ccc([C@H](C5CC5)[C@H](C)C(C)=O)c(F)c4O3)nc2C)c(F)cn1. The highest BCUT2D eigenvalue weighted by atomic mass is 19.1. The third-order valence-corrected chi connectivity index (χ3v) is 7.40. The number of benzene rings is 1. The number of fused-ring (bicyclic) bond motifs is 1. The molecule has 3 aromatic rings. The van der Waals surface area contributed by atoms with Crippen LogP contribution in [0.25, 0.3) is 11.3 Å². The fourth-order valence-corrected chi connectivity index (χ4v) is 5.16. The van der Waals surface area contributed by atoms with Crippen molar-refractivity contribution in [1.82, 2.24) is 15.0 Å². The molecule has 188 valence electrons. The Labute approximate surface area is 209 Å². The van der Waals surface area contributed by atoms with Crippen molar-refractivity contribution in [2.24, 2.45) is 11.8 Å². The molecule has 1 aliphatic carbocycles. The van der Waals surface area contributed by atoms with Crippen LogP contribution in [0.2, 0.25) is 0 Å². The number of carbonyl (C=O) groups is 1. The van der Waals surface area contributed by atoms with Gasteiger partial charge in [-0.1, -0.05) is 19.1 Å². The van der Waals surface area contributed by atoms with E-state index in [4.69, 9.17) is 9.47 Å². The molecule has 2 aliphatic rings. The van der Waals surface area contributed by atoms with E-state index < -0.39 is 11.9 Å². The summed E-state index contributed by atoms with van der Waals surface area (Å²) in [5.74, 6) is -0.403. The molecule has 0 amide bonds. The number of methoxy groups -OCH3 is 1. The van der Waals surface area contributed by atoms with Gasteiger partial charge in [-0.25, -0.2) is 13.8 Å². The largest absolute Gasteiger partial charge is 0.481 e. The number of hydrogen-bond acceptors (Lipinski definition) is 6. The average Bonchev–Trinajstić information content (AvgIpc) is 3.71. The van der Waals surface area contributed by atoms with E-state index in [0.717, 1.165) is 24.6 Å². The Morgan fingerprint density at radius 2 is 1.94 bits per heavy atom. The van der Waals surface area contributed by atoms with Gasteiger partial charge in [0.1, 0.15) is 11.9 Å². The summed E-state index contributed by atoms with van der Waals surface area (Å²) in [6.45, 7) is 5.20. The van der Waals surface area contributed by atoms with Crippen LogP contribution in [0.15, 0.2) is 30.6 Å². The minimum absolute atomic E-state index is 0.0666. The Morgan fingerprint density at radius 1 is 1.17 bits per heavy atom. The molecule has 0 N–H and O–H groups in total. The van der Waals surface area contributed by atoms with Crippen molar-refractivity contribution in [1.29, 1.82) is 0 Å². The smallest absolute Gasteiger partial charge is 0.213 e. The number of rotatable bonds is 7. The van der Waals surface area contributed by atoms with Crippen molar-refractivity contribution in [3.8, 4) is 22.9 Å². The zero-order valence-corrected chi connectivity index (χ0v) is 20.8. The fraction of sp³-hybridized carbons (Fsp3) is 0.429. The van der Waals surface area contributed by atoms with Gasteiger partial charge >= 0.3 is 0 Å². The molecule has 1 fully saturated rings. The van der Waals surface area contributed by atoms with E-state index in [2.05, 4.69) is 15.0 Å². The van der Waals surface area contributed by atoms with Crippen LogP contribution in [0, 0.1) is 30.4 Å². The second-order valence-electron chi connectivity index (χ2n) is 9.80.